The minimum atomic E-state index is -0.523. The zero-order valence-electron chi connectivity index (χ0n) is 8.28. The van der Waals surface area contributed by atoms with Gasteiger partial charge in [0.1, 0.15) is 12.4 Å². The number of nitrogens with two attached hydrogens (primary N) is 1. The van der Waals surface area contributed by atoms with Crippen LogP contribution in [-0.4, -0.2) is 24.7 Å². The average Bonchev–Trinajstić information content (AvgIpc) is 2.25. The molecule has 0 saturated carbocycles. The molecule has 0 atom stereocenters. The van der Waals surface area contributed by atoms with E-state index in [2.05, 4.69) is 11.8 Å². The maximum Gasteiger partial charge on any atom is 0.248 e. The predicted octanol–water partition coefficient (Wildman–Crippen LogP) is 0.138. The van der Waals surface area contributed by atoms with Crippen molar-refractivity contribution in [1.29, 1.82) is 0 Å². The van der Waals surface area contributed by atoms with E-state index in [9.17, 15) is 4.79 Å². The van der Waals surface area contributed by atoms with Crippen molar-refractivity contribution in [3.05, 3.63) is 29.3 Å². The normalized spacial score (nSPS) is 8.93. The summed E-state index contributed by atoms with van der Waals surface area (Å²) < 4.78 is 5.04. The van der Waals surface area contributed by atoms with Gasteiger partial charge in [-0.1, -0.05) is 11.8 Å². The topological polar surface area (TPSA) is 72.5 Å². The minimum Gasteiger partial charge on any atom is -0.495 e. The van der Waals surface area contributed by atoms with E-state index in [1.54, 1.807) is 12.1 Å². The first kappa shape index (κ1) is 11.1. The van der Waals surface area contributed by atoms with Crippen molar-refractivity contribution >= 4 is 5.91 Å². The molecule has 1 aromatic rings. The van der Waals surface area contributed by atoms with Gasteiger partial charge >= 0.3 is 0 Å². The standard InChI is InChI=1S/C11H11NO3/c1-15-10-5-4-9(11(12)14)7-8(10)3-2-6-13/h4-5,7,13H,6H2,1H3,(H2,12,14). The van der Waals surface area contributed by atoms with Crippen molar-refractivity contribution in [3.63, 3.8) is 0 Å². The Kier molecular flexibility index (Phi) is 3.72. The van der Waals surface area contributed by atoms with Gasteiger partial charge in [-0.05, 0) is 18.2 Å². The monoisotopic (exact) mass is 205 g/mol. The minimum absolute atomic E-state index is 0.246. The third-order valence-corrected chi connectivity index (χ3v) is 1.79. The van der Waals surface area contributed by atoms with Crippen molar-refractivity contribution in [2.75, 3.05) is 13.7 Å². The second-order valence-electron chi connectivity index (χ2n) is 2.74. The summed E-state index contributed by atoms with van der Waals surface area (Å²) in [5.41, 5.74) is 6.02. The molecule has 0 aliphatic rings. The molecule has 0 heterocycles. The van der Waals surface area contributed by atoms with Crippen LogP contribution in [0.2, 0.25) is 0 Å². The van der Waals surface area contributed by atoms with Gasteiger partial charge in [0.05, 0.1) is 12.7 Å². The number of aliphatic hydroxyl groups excluding tert-OH is 1. The third-order valence-electron chi connectivity index (χ3n) is 1.79. The summed E-state index contributed by atoms with van der Waals surface area (Å²) in [5.74, 6) is 5.17. The lowest BCUT2D eigenvalue weighted by atomic mass is 10.1. The van der Waals surface area contributed by atoms with Gasteiger partial charge in [-0.25, -0.2) is 0 Å². The van der Waals surface area contributed by atoms with Gasteiger partial charge in [-0.3, -0.25) is 4.79 Å². The second-order valence-corrected chi connectivity index (χ2v) is 2.74. The van der Waals surface area contributed by atoms with Crippen LogP contribution < -0.4 is 10.5 Å². The van der Waals surface area contributed by atoms with Gasteiger partial charge in [0.15, 0.2) is 0 Å². The van der Waals surface area contributed by atoms with Gasteiger partial charge in [0, 0.05) is 5.56 Å². The smallest absolute Gasteiger partial charge is 0.248 e. The molecule has 0 aliphatic carbocycles. The Bertz CT molecular complexity index is 429. The molecular formula is C11H11NO3. The number of ether oxygens (including phenoxy) is 1. The molecule has 78 valence electrons. The molecule has 0 unspecified atom stereocenters. The number of carbonyl (C=O) groups is 1. The molecule has 0 spiro atoms. The fraction of sp³-hybridized carbons (Fsp3) is 0.182. The largest absolute Gasteiger partial charge is 0.495 e. The molecule has 0 aromatic heterocycles. The lowest BCUT2D eigenvalue weighted by Crippen LogP contribution is -2.11. The number of amides is 1. The highest BCUT2D eigenvalue weighted by molar-refractivity contribution is 5.93. The molecule has 0 bridgehead atoms. The Morgan fingerprint density at radius 3 is 2.87 bits per heavy atom. The van der Waals surface area contributed by atoms with Gasteiger partial charge in [0.2, 0.25) is 5.91 Å². The molecule has 0 radical (unpaired) electrons. The Hall–Kier alpha value is -1.99. The first-order chi connectivity index (χ1) is 7.19. The molecular weight excluding hydrogens is 194 g/mol. The number of methoxy groups -OCH3 is 1. The number of hydrogen-bond donors (Lipinski definition) is 2. The SMILES string of the molecule is COc1ccc(C(N)=O)cc1C#CCO. The molecule has 1 aromatic carbocycles. The van der Waals surface area contributed by atoms with E-state index in [0.29, 0.717) is 16.9 Å². The van der Waals surface area contributed by atoms with Crippen LogP contribution in [0.1, 0.15) is 15.9 Å². The Balaban J connectivity index is 3.19. The zero-order valence-corrected chi connectivity index (χ0v) is 8.28. The highest BCUT2D eigenvalue weighted by atomic mass is 16.5. The van der Waals surface area contributed by atoms with E-state index in [-0.39, 0.29) is 6.61 Å². The first-order valence-corrected chi connectivity index (χ1v) is 4.26. The first-order valence-electron chi connectivity index (χ1n) is 4.26. The Labute approximate surface area is 87.7 Å². The van der Waals surface area contributed by atoms with Crippen LogP contribution in [0.15, 0.2) is 18.2 Å². The number of benzene rings is 1. The fourth-order valence-corrected chi connectivity index (χ4v) is 1.09. The Morgan fingerprint density at radius 2 is 2.33 bits per heavy atom. The van der Waals surface area contributed by atoms with Crippen molar-refractivity contribution in [3.8, 4) is 17.6 Å². The molecule has 0 saturated heterocycles. The summed E-state index contributed by atoms with van der Waals surface area (Å²) in [4.78, 5) is 10.9. The number of primary amides is 1. The fourth-order valence-electron chi connectivity index (χ4n) is 1.09. The Morgan fingerprint density at radius 1 is 1.60 bits per heavy atom. The van der Waals surface area contributed by atoms with E-state index in [1.165, 1.54) is 13.2 Å². The molecule has 15 heavy (non-hydrogen) atoms. The van der Waals surface area contributed by atoms with Crippen LogP contribution in [-0.2, 0) is 0 Å². The molecule has 3 N–H and O–H groups in total. The second kappa shape index (κ2) is 5.03. The van der Waals surface area contributed by atoms with Gasteiger partial charge in [0.25, 0.3) is 0 Å². The number of rotatable bonds is 2. The van der Waals surface area contributed by atoms with E-state index in [4.69, 9.17) is 15.6 Å². The summed E-state index contributed by atoms with van der Waals surface area (Å²) >= 11 is 0. The molecule has 0 aliphatic heterocycles. The average molecular weight is 205 g/mol. The zero-order chi connectivity index (χ0) is 11.3. The summed E-state index contributed by atoms with van der Waals surface area (Å²) in [5, 5.41) is 8.56. The summed E-state index contributed by atoms with van der Waals surface area (Å²) in [6.07, 6.45) is 0. The van der Waals surface area contributed by atoms with Crippen LogP contribution >= 0.6 is 0 Å². The van der Waals surface area contributed by atoms with E-state index in [0.717, 1.165) is 0 Å². The van der Waals surface area contributed by atoms with Crippen LogP contribution in [0.5, 0.6) is 5.75 Å². The van der Waals surface area contributed by atoms with E-state index < -0.39 is 5.91 Å². The maximum absolute atomic E-state index is 10.9. The van der Waals surface area contributed by atoms with Crippen LogP contribution in [0, 0.1) is 11.8 Å². The lowest BCUT2D eigenvalue weighted by molar-refractivity contribution is 0.1000. The highest BCUT2D eigenvalue weighted by Crippen LogP contribution is 2.18. The third kappa shape index (κ3) is 2.73. The number of hydrogen-bond acceptors (Lipinski definition) is 3. The molecule has 1 amide bonds. The van der Waals surface area contributed by atoms with E-state index >= 15 is 0 Å². The van der Waals surface area contributed by atoms with Gasteiger partial charge in [-0.15, -0.1) is 0 Å². The highest BCUT2D eigenvalue weighted by Gasteiger charge is 2.05. The quantitative estimate of drug-likeness (QED) is 0.674. The molecule has 1 rings (SSSR count). The molecule has 4 nitrogen and oxygen atoms in total. The number of carbonyl (C=O) groups excluding carboxylic acids is 1. The van der Waals surface area contributed by atoms with Crippen molar-refractivity contribution in [2.24, 2.45) is 5.73 Å². The lowest BCUT2D eigenvalue weighted by Gasteiger charge is -2.04. The maximum atomic E-state index is 10.9. The van der Waals surface area contributed by atoms with Crippen LogP contribution in [0.25, 0.3) is 0 Å². The van der Waals surface area contributed by atoms with Crippen molar-refractivity contribution in [2.45, 2.75) is 0 Å². The summed E-state index contributed by atoms with van der Waals surface area (Å²) in [7, 11) is 1.50. The van der Waals surface area contributed by atoms with Crippen molar-refractivity contribution in [1.82, 2.24) is 0 Å². The number of aliphatic hydroxyl groups is 1. The molecule has 4 heteroatoms. The summed E-state index contributed by atoms with van der Waals surface area (Å²) in [6, 6.07) is 4.70. The van der Waals surface area contributed by atoms with Crippen LogP contribution in [0.4, 0.5) is 0 Å². The van der Waals surface area contributed by atoms with Crippen LogP contribution in [0.3, 0.4) is 0 Å². The predicted molar refractivity (Wildman–Crippen MR) is 55.5 cm³/mol. The molecule has 0 fully saturated rings. The van der Waals surface area contributed by atoms with Crippen molar-refractivity contribution < 1.29 is 14.6 Å². The summed E-state index contributed by atoms with van der Waals surface area (Å²) in [6.45, 7) is -0.246. The van der Waals surface area contributed by atoms with E-state index in [1.807, 2.05) is 0 Å². The van der Waals surface area contributed by atoms with Gasteiger partial charge in [-0.2, -0.15) is 0 Å². The van der Waals surface area contributed by atoms with Gasteiger partial charge < -0.3 is 15.6 Å².